The number of hydrogen-bond donors (Lipinski definition) is 2. The van der Waals surface area contributed by atoms with Gasteiger partial charge >= 0.3 is 0 Å². The molecule has 7 nitrogen and oxygen atoms in total. The quantitative estimate of drug-likeness (QED) is 0.698. The van der Waals surface area contributed by atoms with Crippen LogP contribution in [0.25, 0.3) is 10.9 Å². The van der Waals surface area contributed by atoms with Gasteiger partial charge in [0.25, 0.3) is 0 Å². The van der Waals surface area contributed by atoms with Crippen LogP contribution in [0.2, 0.25) is 0 Å². The number of nitrogens with zero attached hydrogens (tertiary/aromatic N) is 3. The van der Waals surface area contributed by atoms with Gasteiger partial charge in [-0.2, -0.15) is 0 Å². The van der Waals surface area contributed by atoms with E-state index >= 15 is 0 Å². The highest BCUT2D eigenvalue weighted by molar-refractivity contribution is 7.73. The number of anilines is 3. The van der Waals surface area contributed by atoms with Crippen molar-refractivity contribution in [2.24, 2.45) is 0 Å². The number of rotatable bonds is 4. The summed E-state index contributed by atoms with van der Waals surface area (Å²) in [6.45, 7) is 0.778. The third-order valence-corrected chi connectivity index (χ3v) is 4.71. The highest BCUT2D eigenvalue weighted by Gasteiger charge is 2.23. The molecule has 25 heavy (non-hydrogen) atoms. The van der Waals surface area contributed by atoms with Crippen LogP contribution >= 0.6 is 0 Å². The molecule has 2 heterocycles. The Hall–Kier alpha value is -2.87. The smallest absolute Gasteiger partial charge is 0.222 e. The van der Waals surface area contributed by atoms with Gasteiger partial charge in [0, 0.05) is 29.4 Å². The van der Waals surface area contributed by atoms with E-state index < -0.39 is 10.9 Å². The molecule has 0 atom stereocenters. The highest BCUT2D eigenvalue weighted by atomic mass is 32.2. The number of benzene rings is 2. The van der Waals surface area contributed by atoms with Crippen molar-refractivity contribution < 1.29 is 13.2 Å². The first-order valence-electron chi connectivity index (χ1n) is 7.76. The maximum atomic E-state index is 10.8. The minimum atomic E-state index is -2.66. The summed E-state index contributed by atoms with van der Waals surface area (Å²) in [5.74, 6) is 1.59. The van der Waals surface area contributed by atoms with Crippen molar-refractivity contribution in [2.45, 2.75) is 6.42 Å². The standard InChI is InChI=1S/C17H16N4O3S/c1-24-13-3-4-14-15(9-13)18-10-19-17(14)21-7-6-11-8-12(20-25(22)23)2-5-16(11)21/h2-5,8-10,25H,6-7H2,1H3,(H,20,22,23). The Kier molecular flexibility index (Phi) is 3.89. The average Bonchev–Trinajstić information content (AvgIpc) is 3.03. The van der Waals surface area contributed by atoms with E-state index in [-0.39, 0.29) is 0 Å². The lowest BCUT2D eigenvalue weighted by atomic mass is 10.1. The first kappa shape index (κ1) is 15.6. The van der Waals surface area contributed by atoms with Crippen molar-refractivity contribution in [3.63, 3.8) is 0 Å². The van der Waals surface area contributed by atoms with Crippen molar-refractivity contribution in [3.8, 4) is 5.75 Å². The topological polar surface area (TPSA) is 84.4 Å². The van der Waals surface area contributed by atoms with E-state index in [1.54, 1.807) is 19.5 Å². The van der Waals surface area contributed by atoms with Gasteiger partial charge in [-0.25, -0.2) is 18.4 Å². The summed E-state index contributed by atoms with van der Waals surface area (Å²) in [6.07, 6.45) is 2.37. The number of ether oxygens (including phenoxy) is 1. The molecule has 1 aliphatic heterocycles. The number of aromatic nitrogens is 2. The molecular weight excluding hydrogens is 340 g/mol. The van der Waals surface area contributed by atoms with Crippen molar-refractivity contribution in [1.29, 1.82) is 0 Å². The molecule has 0 bridgehead atoms. The van der Waals surface area contributed by atoms with Crippen molar-refractivity contribution >= 4 is 39.0 Å². The van der Waals surface area contributed by atoms with Crippen LogP contribution in [0.3, 0.4) is 0 Å². The zero-order chi connectivity index (χ0) is 17.4. The van der Waals surface area contributed by atoms with E-state index in [1.165, 1.54) is 0 Å². The summed E-state index contributed by atoms with van der Waals surface area (Å²) in [4.78, 5) is 10.9. The number of nitrogens with one attached hydrogen (secondary N) is 1. The normalized spacial score (nSPS) is 13.3. The van der Waals surface area contributed by atoms with Gasteiger partial charge in [0.1, 0.15) is 17.9 Å². The molecule has 128 valence electrons. The average molecular weight is 356 g/mol. The van der Waals surface area contributed by atoms with Crippen molar-refractivity contribution in [1.82, 2.24) is 9.97 Å². The van der Waals surface area contributed by atoms with Gasteiger partial charge in [0.05, 0.1) is 12.6 Å². The van der Waals surface area contributed by atoms with Crippen molar-refractivity contribution in [3.05, 3.63) is 48.3 Å². The number of thiol groups is 1. The summed E-state index contributed by atoms with van der Waals surface area (Å²) in [5, 5.41) is 0.945. The molecule has 0 radical (unpaired) electrons. The predicted molar refractivity (Wildman–Crippen MR) is 97.2 cm³/mol. The van der Waals surface area contributed by atoms with E-state index in [1.807, 2.05) is 30.3 Å². The Labute approximate surface area is 146 Å². The van der Waals surface area contributed by atoms with Gasteiger partial charge in [-0.05, 0) is 42.3 Å². The molecule has 8 heteroatoms. The minimum Gasteiger partial charge on any atom is -0.497 e. The van der Waals surface area contributed by atoms with E-state index in [0.29, 0.717) is 5.69 Å². The fourth-order valence-electron chi connectivity index (χ4n) is 3.16. The molecule has 4 rings (SSSR count). The highest BCUT2D eigenvalue weighted by Crippen LogP contribution is 2.38. The van der Waals surface area contributed by atoms with Gasteiger partial charge in [-0.15, -0.1) is 0 Å². The Morgan fingerprint density at radius 2 is 2.04 bits per heavy atom. The Bertz CT molecular complexity index is 1030. The second-order valence-electron chi connectivity index (χ2n) is 5.69. The first-order valence-corrected chi connectivity index (χ1v) is 8.94. The molecule has 0 saturated heterocycles. The lowest BCUT2D eigenvalue weighted by molar-refractivity contribution is 0.415. The van der Waals surface area contributed by atoms with Gasteiger partial charge < -0.3 is 9.64 Å². The van der Waals surface area contributed by atoms with Gasteiger partial charge in [0.15, 0.2) is 0 Å². The molecule has 0 spiro atoms. The summed E-state index contributed by atoms with van der Waals surface area (Å²) in [7, 11) is -1.04. The molecule has 0 amide bonds. The second-order valence-corrected chi connectivity index (χ2v) is 6.43. The van der Waals surface area contributed by atoms with Crippen LogP contribution in [0.5, 0.6) is 5.75 Å². The molecule has 0 fully saturated rings. The van der Waals surface area contributed by atoms with E-state index in [0.717, 1.165) is 46.7 Å². The molecule has 2 aromatic carbocycles. The fraction of sp³-hybridized carbons (Fsp3) is 0.176. The van der Waals surface area contributed by atoms with Crippen LogP contribution in [0, 0.1) is 0 Å². The molecule has 1 N–H and O–H groups in total. The zero-order valence-electron chi connectivity index (χ0n) is 13.5. The first-order chi connectivity index (χ1) is 12.2. The third kappa shape index (κ3) is 2.85. The summed E-state index contributed by atoms with van der Waals surface area (Å²) < 4.78 is 29.4. The van der Waals surface area contributed by atoms with Crippen LogP contribution in [0.15, 0.2) is 42.7 Å². The Morgan fingerprint density at radius 3 is 2.84 bits per heavy atom. The molecule has 0 unspecified atom stereocenters. The Balaban J connectivity index is 1.77. The molecule has 3 aromatic rings. The zero-order valence-corrected chi connectivity index (χ0v) is 14.4. The third-order valence-electron chi connectivity index (χ3n) is 4.27. The number of fused-ring (bicyclic) bond motifs is 2. The van der Waals surface area contributed by atoms with E-state index in [4.69, 9.17) is 4.74 Å². The fourth-order valence-corrected chi connectivity index (χ4v) is 3.51. The minimum absolute atomic E-state index is 0.578. The molecule has 1 aromatic heterocycles. The largest absolute Gasteiger partial charge is 0.497 e. The molecule has 0 aliphatic carbocycles. The van der Waals surface area contributed by atoms with Gasteiger partial charge in [-0.1, -0.05) is 0 Å². The predicted octanol–water partition coefficient (Wildman–Crippen LogP) is 2.27. The monoisotopic (exact) mass is 356 g/mol. The lowest BCUT2D eigenvalue weighted by Crippen LogP contribution is -2.15. The van der Waals surface area contributed by atoms with Crippen LogP contribution in [-0.2, 0) is 17.3 Å². The molecule has 1 aliphatic rings. The summed E-state index contributed by atoms with van der Waals surface area (Å²) in [5.41, 5.74) is 3.51. The van der Waals surface area contributed by atoms with Crippen LogP contribution in [0.1, 0.15) is 5.56 Å². The maximum Gasteiger partial charge on any atom is 0.222 e. The molecule has 0 saturated carbocycles. The van der Waals surface area contributed by atoms with Crippen LogP contribution in [-0.4, -0.2) is 32.0 Å². The van der Waals surface area contributed by atoms with E-state index in [9.17, 15) is 8.42 Å². The lowest BCUT2D eigenvalue weighted by Gasteiger charge is -2.20. The summed E-state index contributed by atoms with van der Waals surface area (Å²) >= 11 is 0. The maximum absolute atomic E-state index is 10.8. The number of hydrogen-bond acceptors (Lipinski definition) is 6. The van der Waals surface area contributed by atoms with Crippen molar-refractivity contribution in [2.75, 3.05) is 23.3 Å². The number of methoxy groups -OCH3 is 1. The van der Waals surface area contributed by atoms with Gasteiger partial charge in [0.2, 0.25) is 10.9 Å². The van der Waals surface area contributed by atoms with Crippen LogP contribution < -0.4 is 14.4 Å². The Morgan fingerprint density at radius 1 is 1.16 bits per heavy atom. The van der Waals surface area contributed by atoms with Gasteiger partial charge in [-0.3, -0.25) is 4.72 Å². The second kappa shape index (κ2) is 6.21. The summed E-state index contributed by atoms with van der Waals surface area (Å²) in [6, 6.07) is 11.3. The molecular formula is C17H16N4O3S. The van der Waals surface area contributed by atoms with Crippen LogP contribution in [0.4, 0.5) is 17.2 Å². The van der Waals surface area contributed by atoms with E-state index in [2.05, 4.69) is 19.6 Å². The SMILES string of the molecule is COc1ccc2c(N3CCc4cc(N[SH](=O)=O)ccc43)ncnc2c1.